The summed E-state index contributed by atoms with van der Waals surface area (Å²) in [5.74, 6) is 1.85. The Labute approximate surface area is 304 Å². The molecule has 1 fully saturated rings. The third-order valence-electron chi connectivity index (χ3n) is 9.26. The van der Waals surface area contributed by atoms with Crippen LogP contribution in [0.5, 0.6) is 5.75 Å². The number of nitrogens with zero attached hydrogens (tertiary/aromatic N) is 1. The van der Waals surface area contributed by atoms with Gasteiger partial charge in [-0.2, -0.15) is 0 Å². The van der Waals surface area contributed by atoms with Crippen LogP contribution in [0.15, 0.2) is 35.9 Å². The second-order valence-corrected chi connectivity index (χ2v) is 22.8. The lowest BCUT2D eigenvalue weighted by Gasteiger charge is -2.46. The first-order valence-corrected chi connectivity index (χ1v) is 21.8. The van der Waals surface area contributed by atoms with Crippen molar-refractivity contribution in [1.29, 1.82) is 0 Å². The summed E-state index contributed by atoms with van der Waals surface area (Å²) in [6, 6.07) is 3.74. The van der Waals surface area contributed by atoms with Gasteiger partial charge < -0.3 is 28.5 Å². The SMILES string of the molecule is COC(=O)N(C)c1cc(C/C(C)=C/C=C/C(O)C2(C[C@H](O[Si](C)(C)C(C)(C)C)[C@@H](C)COC(C)(C)OC)SCCCS2)cc(OC)c1Cl. The van der Waals surface area contributed by atoms with Crippen LogP contribution in [-0.2, 0) is 25.1 Å². The van der Waals surface area contributed by atoms with E-state index in [4.69, 9.17) is 35.0 Å². The number of thioether (sulfide) groups is 2. The second-order valence-electron chi connectivity index (χ2n) is 14.6. The maximum Gasteiger partial charge on any atom is 0.413 e. The first-order chi connectivity index (χ1) is 22.2. The van der Waals surface area contributed by atoms with Gasteiger partial charge in [0.2, 0.25) is 0 Å². The minimum absolute atomic E-state index is 0.0437. The average molecular weight is 747 g/mol. The molecule has 0 saturated carbocycles. The number of carbonyl (C=O) groups is 1. The van der Waals surface area contributed by atoms with E-state index in [1.165, 1.54) is 12.0 Å². The highest BCUT2D eigenvalue weighted by Crippen LogP contribution is 2.50. The van der Waals surface area contributed by atoms with Crippen molar-refractivity contribution in [2.75, 3.05) is 51.4 Å². The van der Waals surface area contributed by atoms with Crippen molar-refractivity contribution < 1.29 is 33.3 Å². The number of amides is 1. The first-order valence-electron chi connectivity index (χ1n) is 16.6. The number of aliphatic hydroxyl groups excluding tert-OH is 1. The van der Waals surface area contributed by atoms with Crippen molar-refractivity contribution in [1.82, 2.24) is 0 Å². The third kappa shape index (κ3) is 12.0. The van der Waals surface area contributed by atoms with Crippen molar-refractivity contribution in [3.8, 4) is 5.75 Å². The molecule has 1 saturated heterocycles. The van der Waals surface area contributed by atoms with Crippen molar-refractivity contribution in [3.05, 3.63) is 46.5 Å². The second kappa shape index (κ2) is 18.3. The molecule has 8 nitrogen and oxygen atoms in total. The zero-order valence-corrected chi connectivity index (χ0v) is 34.8. The Bertz CT molecular complexity index is 1260. The Balaban J connectivity index is 2.35. The van der Waals surface area contributed by atoms with Gasteiger partial charge in [0, 0.05) is 20.1 Å². The standard InChI is InChI=1S/C36H60ClNO7S2Si/c1-25(20-27-21-28(38(8)33(40)42-10)32(37)29(22-27)41-9)16-14-17-31(39)36(46-18-15-19-47-36)23-30(45-48(12,13)34(3,4)5)26(2)24-44-35(6,7)43-11/h14,16-17,21-22,26,30-31,39H,15,18-20,23-24H2,1-13H3/b17-14+,25-16+/t26-,30-,31?/m0/s1. The molecule has 48 heavy (non-hydrogen) atoms. The number of methoxy groups -OCH3 is 3. The molecule has 1 heterocycles. The van der Waals surface area contributed by atoms with Gasteiger partial charge in [-0.15, -0.1) is 23.5 Å². The van der Waals surface area contributed by atoms with Gasteiger partial charge in [0.05, 0.1) is 42.8 Å². The number of allylic oxidation sites excluding steroid dienone is 3. The predicted octanol–water partition coefficient (Wildman–Crippen LogP) is 9.34. The van der Waals surface area contributed by atoms with Crippen LogP contribution in [0.1, 0.15) is 66.9 Å². The molecule has 2 rings (SSSR count). The number of aliphatic hydroxyl groups is 1. The molecule has 1 aliphatic heterocycles. The zero-order valence-electron chi connectivity index (χ0n) is 31.4. The van der Waals surface area contributed by atoms with E-state index in [1.807, 2.05) is 74.7 Å². The Morgan fingerprint density at radius 2 is 1.77 bits per heavy atom. The molecule has 0 bridgehead atoms. The zero-order chi connectivity index (χ0) is 36.5. The monoisotopic (exact) mass is 745 g/mol. The van der Waals surface area contributed by atoms with E-state index in [9.17, 15) is 9.90 Å². The smallest absolute Gasteiger partial charge is 0.413 e. The number of hydrogen-bond acceptors (Lipinski definition) is 9. The van der Waals surface area contributed by atoms with Gasteiger partial charge in [-0.3, -0.25) is 4.90 Å². The van der Waals surface area contributed by atoms with Crippen LogP contribution in [-0.4, -0.2) is 88.1 Å². The highest BCUT2D eigenvalue weighted by molar-refractivity contribution is 8.18. The summed E-state index contributed by atoms with van der Waals surface area (Å²) >= 11 is 10.2. The molecule has 274 valence electrons. The van der Waals surface area contributed by atoms with E-state index in [0.717, 1.165) is 29.1 Å². The van der Waals surface area contributed by atoms with E-state index in [2.05, 4.69) is 40.8 Å². The molecule has 1 N–H and O–H groups in total. The largest absolute Gasteiger partial charge is 0.495 e. The molecule has 0 radical (unpaired) electrons. The number of rotatable bonds is 16. The van der Waals surface area contributed by atoms with Gasteiger partial charge in [0.1, 0.15) is 10.8 Å². The summed E-state index contributed by atoms with van der Waals surface area (Å²) in [6.07, 6.45) is 6.97. The molecule has 1 unspecified atom stereocenters. The third-order valence-corrected chi connectivity index (χ3v) is 17.6. The van der Waals surface area contributed by atoms with E-state index in [-0.39, 0.29) is 17.1 Å². The van der Waals surface area contributed by atoms with Crippen molar-refractivity contribution in [2.45, 2.75) is 108 Å². The molecule has 1 aromatic carbocycles. The van der Waals surface area contributed by atoms with Crippen LogP contribution in [0, 0.1) is 5.92 Å². The molecular weight excluding hydrogens is 686 g/mol. The number of carbonyl (C=O) groups excluding carboxylic acids is 1. The Kier molecular flexibility index (Phi) is 16.4. The molecule has 1 aliphatic rings. The summed E-state index contributed by atoms with van der Waals surface area (Å²) in [6.45, 7) is 19.9. The number of halogens is 1. The molecule has 0 aliphatic carbocycles. The van der Waals surface area contributed by atoms with Crippen LogP contribution in [0.3, 0.4) is 0 Å². The van der Waals surface area contributed by atoms with Crippen molar-refractivity contribution >= 4 is 55.2 Å². The minimum Gasteiger partial charge on any atom is -0.495 e. The lowest BCUT2D eigenvalue weighted by molar-refractivity contribution is -0.206. The quantitative estimate of drug-likeness (QED) is 0.101. The van der Waals surface area contributed by atoms with Crippen LogP contribution >= 0.6 is 35.1 Å². The fourth-order valence-electron chi connectivity index (χ4n) is 4.91. The summed E-state index contributed by atoms with van der Waals surface area (Å²) in [5, 5.41) is 12.2. The number of benzene rings is 1. The van der Waals surface area contributed by atoms with E-state index < -0.39 is 30.4 Å². The molecule has 12 heteroatoms. The predicted molar refractivity (Wildman–Crippen MR) is 207 cm³/mol. The average Bonchev–Trinajstić information content (AvgIpc) is 3.03. The number of hydrogen-bond donors (Lipinski definition) is 1. The van der Waals surface area contributed by atoms with Gasteiger partial charge in [0.25, 0.3) is 0 Å². The van der Waals surface area contributed by atoms with Gasteiger partial charge in [0.15, 0.2) is 14.1 Å². The van der Waals surface area contributed by atoms with Gasteiger partial charge >= 0.3 is 6.09 Å². The lowest BCUT2D eigenvalue weighted by atomic mass is 9.98. The molecule has 3 atom stereocenters. The van der Waals surface area contributed by atoms with Gasteiger partial charge in [-0.1, -0.05) is 63.1 Å². The highest BCUT2D eigenvalue weighted by Gasteiger charge is 2.46. The first kappa shape index (κ1) is 43.0. The van der Waals surface area contributed by atoms with Crippen LogP contribution in [0.4, 0.5) is 10.5 Å². The molecular formula is C36H60ClNO7S2Si. The van der Waals surface area contributed by atoms with E-state index >= 15 is 0 Å². The molecule has 0 spiro atoms. The highest BCUT2D eigenvalue weighted by atomic mass is 35.5. The van der Waals surface area contributed by atoms with Crippen molar-refractivity contribution in [2.24, 2.45) is 5.92 Å². The van der Waals surface area contributed by atoms with E-state index in [1.54, 1.807) is 21.3 Å². The fourth-order valence-corrected chi connectivity index (χ4v) is 10.0. The normalized spacial score (nSPS) is 18.0. The minimum atomic E-state index is -2.13. The Morgan fingerprint density at radius 1 is 1.15 bits per heavy atom. The number of ether oxygens (including phenoxy) is 4. The summed E-state index contributed by atoms with van der Waals surface area (Å²) < 4.78 is 28.7. The van der Waals surface area contributed by atoms with Crippen molar-refractivity contribution in [3.63, 3.8) is 0 Å². The van der Waals surface area contributed by atoms with Crippen LogP contribution in [0.25, 0.3) is 0 Å². The Hall–Kier alpha value is -1.18. The molecule has 1 aromatic rings. The maximum atomic E-state index is 12.2. The van der Waals surface area contributed by atoms with Gasteiger partial charge in [-0.25, -0.2) is 4.79 Å². The summed E-state index contributed by atoms with van der Waals surface area (Å²) in [4.78, 5) is 13.6. The fraction of sp³-hybridized carbons (Fsp3) is 0.694. The van der Waals surface area contributed by atoms with Crippen LogP contribution < -0.4 is 9.64 Å². The summed E-state index contributed by atoms with van der Waals surface area (Å²) in [7, 11) is 4.01. The topological polar surface area (TPSA) is 86.7 Å². The maximum absolute atomic E-state index is 12.2. The van der Waals surface area contributed by atoms with E-state index in [0.29, 0.717) is 35.9 Å². The Morgan fingerprint density at radius 3 is 2.31 bits per heavy atom. The summed E-state index contributed by atoms with van der Waals surface area (Å²) in [5.41, 5.74) is 2.50. The molecule has 1 amide bonds. The lowest BCUT2D eigenvalue weighted by Crippen LogP contribution is -2.50. The van der Waals surface area contributed by atoms with Gasteiger partial charge in [-0.05, 0) is 87.4 Å². The number of anilines is 1. The van der Waals surface area contributed by atoms with Crippen LogP contribution in [0.2, 0.25) is 23.2 Å². The molecule has 0 aromatic heterocycles.